The molecule has 0 aliphatic rings. The smallest absolute Gasteiger partial charge is 0.340 e. The third-order valence-electron chi connectivity index (χ3n) is 4.03. The van der Waals surface area contributed by atoms with E-state index in [0.29, 0.717) is 23.8 Å². The van der Waals surface area contributed by atoms with Crippen LogP contribution in [0, 0.1) is 6.92 Å². The summed E-state index contributed by atoms with van der Waals surface area (Å²) in [6.07, 6.45) is 0. The van der Waals surface area contributed by atoms with E-state index >= 15 is 0 Å². The molecule has 0 bridgehead atoms. The second kappa shape index (κ2) is 7.45. The fraction of sp³-hybridized carbons (Fsp3) is 0.368. The molecular formula is C19H24N2O3. The molecule has 0 saturated heterocycles. The average molecular weight is 328 g/mol. The van der Waals surface area contributed by atoms with Crippen LogP contribution in [-0.4, -0.2) is 41.4 Å². The van der Waals surface area contributed by atoms with Crippen LogP contribution >= 0.6 is 0 Å². The van der Waals surface area contributed by atoms with Gasteiger partial charge in [-0.25, -0.2) is 9.78 Å². The van der Waals surface area contributed by atoms with E-state index in [4.69, 9.17) is 5.11 Å². The van der Waals surface area contributed by atoms with Gasteiger partial charge in [0.1, 0.15) is 11.4 Å². The first-order valence-electron chi connectivity index (χ1n) is 8.02. The summed E-state index contributed by atoms with van der Waals surface area (Å²) < 4.78 is 0. The summed E-state index contributed by atoms with van der Waals surface area (Å²) in [7, 11) is 1.73. The van der Waals surface area contributed by atoms with Gasteiger partial charge >= 0.3 is 5.97 Å². The molecule has 0 aliphatic heterocycles. The number of carboxylic acid groups (broad SMARTS) is 1. The van der Waals surface area contributed by atoms with Crippen LogP contribution in [0.1, 0.15) is 41.4 Å². The predicted octanol–water partition coefficient (Wildman–Crippen LogP) is 3.31. The molecule has 0 spiro atoms. The molecule has 0 unspecified atom stereocenters. The Morgan fingerprint density at radius 3 is 2.38 bits per heavy atom. The summed E-state index contributed by atoms with van der Waals surface area (Å²) in [6.45, 7) is 6.34. The van der Waals surface area contributed by atoms with Crippen molar-refractivity contribution in [2.24, 2.45) is 0 Å². The molecule has 0 aliphatic carbocycles. The fourth-order valence-electron chi connectivity index (χ4n) is 2.67. The third kappa shape index (κ3) is 3.74. The lowest BCUT2D eigenvalue weighted by Gasteiger charge is -2.21. The number of aromatic carboxylic acids is 1. The van der Waals surface area contributed by atoms with Crippen LogP contribution in [0.15, 0.2) is 30.3 Å². The van der Waals surface area contributed by atoms with E-state index in [0.717, 1.165) is 11.3 Å². The highest BCUT2D eigenvalue weighted by Crippen LogP contribution is 2.31. The number of hydrogen-bond acceptors (Lipinski definition) is 4. The largest absolute Gasteiger partial charge is 0.478 e. The number of pyridine rings is 1. The van der Waals surface area contributed by atoms with Gasteiger partial charge in [0.15, 0.2) is 0 Å². The molecule has 0 radical (unpaired) electrons. The molecule has 2 aromatic rings. The van der Waals surface area contributed by atoms with Crippen LogP contribution in [0.25, 0.3) is 11.1 Å². The molecule has 0 saturated carbocycles. The number of anilines is 1. The molecule has 1 heterocycles. The SMILES string of the molecule is Cc1cc(-c2ccc(C(C)C)cc2)c(C(=O)O)c(N(C)CCO)n1. The number of nitrogens with zero attached hydrogens (tertiary/aromatic N) is 2. The number of carboxylic acids is 1. The minimum absolute atomic E-state index is 0.0659. The quantitative estimate of drug-likeness (QED) is 0.851. The van der Waals surface area contributed by atoms with Gasteiger partial charge in [-0.1, -0.05) is 38.1 Å². The Morgan fingerprint density at radius 1 is 1.25 bits per heavy atom. The third-order valence-corrected chi connectivity index (χ3v) is 4.03. The fourth-order valence-corrected chi connectivity index (χ4v) is 2.67. The molecule has 0 atom stereocenters. The minimum atomic E-state index is -1.02. The molecule has 5 nitrogen and oxygen atoms in total. The summed E-state index contributed by atoms with van der Waals surface area (Å²) >= 11 is 0. The summed E-state index contributed by atoms with van der Waals surface area (Å²) in [4.78, 5) is 17.9. The van der Waals surface area contributed by atoms with Crippen LogP contribution in [0.4, 0.5) is 5.82 Å². The number of benzene rings is 1. The number of aromatic nitrogens is 1. The molecule has 24 heavy (non-hydrogen) atoms. The van der Waals surface area contributed by atoms with Crippen LogP contribution in [0.5, 0.6) is 0 Å². The summed E-state index contributed by atoms with van der Waals surface area (Å²) in [5.41, 5.74) is 3.60. The number of aryl methyl sites for hydroxylation is 1. The standard InChI is InChI=1S/C19H24N2O3/c1-12(2)14-5-7-15(8-6-14)16-11-13(3)20-18(17(16)19(23)24)21(4)9-10-22/h5-8,11-12,22H,9-10H2,1-4H3,(H,23,24). The van der Waals surface area contributed by atoms with E-state index in [2.05, 4.69) is 18.8 Å². The van der Waals surface area contributed by atoms with E-state index < -0.39 is 5.97 Å². The van der Waals surface area contributed by atoms with Gasteiger partial charge in [0, 0.05) is 24.8 Å². The first-order chi connectivity index (χ1) is 11.3. The Morgan fingerprint density at radius 2 is 1.88 bits per heavy atom. The van der Waals surface area contributed by atoms with Crippen molar-refractivity contribution in [1.29, 1.82) is 0 Å². The number of aliphatic hydroxyl groups is 1. The average Bonchev–Trinajstić information content (AvgIpc) is 2.54. The van der Waals surface area contributed by atoms with Crippen LogP contribution in [-0.2, 0) is 0 Å². The Kier molecular flexibility index (Phi) is 5.57. The van der Waals surface area contributed by atoms with Crippen molar-refractivity contribution < 1.29 is 15.0 Å². The van der Waals surface area contributed by atoms with Crippen molar-refractivity contribution in [3.05, 3.63) is 47.2 Å². The zero-order valence-electron chi connectivity index (χ0n) is 14.6. The molecule has 5 heteroatoms. The lowest BCUT2D eigenvalue weighted by molar-refractivity contribution is 0.0698. The lowest BCUT2D eigenvalue weighted by atomic mass is 9.96. The Bertz CT molecular complexity index is 724. The molecule has 1 aromatic heterocycles. The number of aliphatic hydroxyl groups excluding tert-OH is 1. The lowest BCUT2D eigenvalue weighted by Crippen LogP contribution is -2.25. The van der Waals surface area contributed by atoms with Gasteiger partial charge in [-0.05, 0) is 30.0 Å². The molecular weight excluding hydrogens is 304 g/mol. The van der Waals surface area contributed by atoms with E-state index in [1.54, 1.807) is 18.0 Å². The van der Waals surface area contributed by atoms with Crippen molar-refractivity contribution in [2.75, 3.05) is 25.1 Å². The van der Waals surface area contributed by atoms with Crippen molar-refractivity contribution >= 4 is 11.8 Å². The van der Waals surface area contributed by atoms with Crippen molar-refractivity contribution in [1.82, 2.24) is 4.98 Å². The van der Waals surface area contributed by atoms with Gasteiger partial charge in [0.2, 0.25) is 0 Å². The zero-order valence-corrected chi connectivity index (χ0v) is 14.6. The van der Waals surface area contributed by atoms with Gasteiger partial charge < -0.3 is 15.1 Å². The number of hydrogen-bond donors (Lipinski definition) is 2. The summed E-state index contributed by atoms with van der Waals surface area (Å²) in [5.74, 6) is -0.229. The summed E-state index contributed by atoms with van der Waals surface area (Å²) in [5, 5.41) is 18.9. The van der Waals surface area contributed by atoms with E-state index in [1.807, 2.05) is 31.2 Å². The number of carbonyl (C=O) groups is 1. The highest BCUT2D eigenvalue weighted by Gasteiger charge is 2.21. The maximum Gasteiger partial charge on any atom is 0.340 e. The minimum Gasteiger partial charge on any atom is -0.478 e. The van der Waals surface area contributed by atoms with Crippen molar-refractivity contribution in [2.45, 2.75) is 26.7 Å². The van der Waals surface area contributed by atoms with Crippen molar-refractivity contribution in [3.63, 3.8) is 0 Å². The predicted molar refractivity (Wildman–Crippen MR) is 95.8 cm³/mol. The van der Waals surface area contributed by atoms with Gasteiger partial charge in [-0.3, -0.25) is 0 Å². The van der Waals surface area contributed by atoms with Crippen LogP contribution < -0.4 is 4.90 Å². The monoisotopic (exact) mass is 328 g/mol. The van der Waals surface area contributed by atoms with Gasteiger partial charge in [-0.15, -0.1) is 0 Å². The highest BCUT2D eigenvalue weighted by molar-refractivity contribution is 6.01. The van der Waals surface area contributed by atoms with Gasteiger partial charge in [0.25, 0.3) is 0 Å². The molecule has 2 rings (SSSR count). The van der Waals surface area contributed by atoms with Crippen LogP contribution in [0.3, 0.4) is 0 Å². The van der Waals surface area contributed by atoms with E-state index in [9.17, 15) is 9.90 Å². The molecule has 128 valence electrons. The number of rotatable bonds is 6. The molecule has 2 N–H and O–H groups in total. The van der Waals surface area contributed by atoms with Crippen molar-refractivity contribution in [3.8, 4) is 11.1 Å². The normalized spacial score (nSPS) is 10.9. The Balaban J connectivity index is 2.62. The Labute approximate surface area is 142 Å². The van der Waals surface area contributed by atoms with Gasteiger partial charge in [-0.2, -0.15) is 0 Å². The first kappa shape index (κ1) is 17.9. The van der Waals surface area contributed by atoms with Crippen LogP contribution in [0.2, 0.25) is 0 Å². The molecule has 1 aromatic carbocycles. The second-order valence-corrected chi connectivity index (χ2v) is 6.24. The first-order valence-corrected chi connectivity index (χ1v) is 8.02. The number of likely N-dealkylation sites (N-methyl/N-ethyl adjacent to an activating group) is 1. The van der Waals surface area contributed by atoms with Gasteiger partial charge in [0.05, 0.1) is 6.61 Å². The topological polar surface area (TPSA) is 73.7 Å². The van der Waals surface area contributed by atoms with E-state index in [1.165, 1.54) is 5.56 Å². The molecule has 0 amide bonds. The maximum atomic E-state index is 11.9. The van der Waals surface area contributed by atoms with E-state index in [-0.39, 0.29) is 12.2 Å². The Hall–Kier alpha value is -2.40. The summed E-state index contributed by atoms with van der Waals surface area (Å²) in [6, 6.07) is 9.75. The highest BCUT2D eigenvalue weighted by atomic mass is 16.4. The zero-order chi connectivity index (χ0) is 17.9. The second-order valence-electron chi connectivity index (χ2n) is 6.24. The maximum absolute atomic E-state index is 11.9. The molecule has 0 fully saturated rings.